The summed E-state index contributed by atoms with van der Waals surface area (Å²) < 4.78 is 5.75. The molecule has 4 rings (SSSR count). The van der Waals surface area contributed by atoms with E-state index in [0.29, 0.717) is 38.1 Å². The molecule has 1 fully saturated rings. The minimum absolute atomic E-state index is 0.0918. The van der Waals surface area contributed by atoms with Crippen molar-refractivity contribution in [1.29, 1.82) is 0 Å². The van der Waals surface area contributed by atoms with Crippen LogP contribution in [-0.2, 0) is 21.0 Å². The quantitative estimate of drug-likeness (QED) is 0.521. The summed E-state index contributed by atoms with van der Waals surface area (Å²) in [5.74, 6) is -0.0281. The smallest absolute Gasteiger partial charge is 0.233 e. The van der Waals surface area contributed by atoms with Crippen molar-refractivity contribution < 1.29 is 19.1 Å². The number of nitrogens with one attached hydrogen (secondary N) is 1. The van der Waals surface area contributed by atoms with Crippen LogP contribution >= 0.6 is 0 Å². The molecule has 2 atom stereocenters. The summed E-state index contributed by atoms with van der Waals surface area (Å²) in [5.41, 5.74) is 1.77. The number of ether oxygens (including phenoxy) is 1. The van der Waals surface area contributed by atoms with Gasteiger partial charge in [0.05, 0.1) is 11.8 Å². The van der Waals surface area contributed by atoms with E-state index in [-0.39, 0.29) is 36.0 Å². The molecule has 1 aliphatic heterocycles. The SMILES string of the molecule is O=C(CCCN1C(=O)[C@@H]2CC=CC[C@H]2C1=O)Nc1ccc(OCc2ccccc2)cc1. The largest absolute Gasteiger partial charge is 0.489 e. The molecule has 2 aliphatic rings. The van der Waals surface area contributed by atoms with Crippen LogP contribution in [0.25, 0.3) is 0 Å². The number of rotatable bonds is 8. The molecule has 1 aliphatic carbocycles. The van der Waals surface area contributed by atoms with E-state index >= 15 is 0 Å². The number of benzene rings is 2. The summed E-state index contributed by atoms with van der Waals surface area (Å²) in [5, 5.41) is 2.85. The first-order chi connectivity index (χ1) is 15.1. The molecule has 31 heavy (non-hydrogen) atoms. The highest BCUT2D eigenvalue weighted by molar-refractivity contribution is 6.05. The third-order valence-corrected chi connectivity index (χ3v) is 5.77. The first-order valence-corrected chi connectivity index (χ1v) is 10.7. The van der Waals surface area contributed by atoms with E-state index in [1.807, 2.05) is 54.6 Å². The number of amides is 3. The van der Waals surface area contributed by atoms with Crippen LogP contribution in [0.1, 0.15) is 31.2 Å². The van der Waals surface area contributed by atoms with Gasteiger partial charge in [0.25, 0.3) is 0 Å². The molecular formula is C25H26N2O4. The average molecular weight is 418 g/mol. The van der Waals surface area contributed by atoms with Crippen molar-refractivity contribution in [2.24, 2.45) is 11.8 Å². The van der Waals surface area contributed by atoms with Crippen LogP contribution in [-0.4, -0.2) is 29.2 Å². The number of imide groups is 1. The van der Waals surface area contributed by atoms with E-state index in [9.17, 15) is 14.4 Å². The molecule has 2 aromatic rings. The summed E-state index contributed by atoms with van der Waals surface area (Å²) in [4.78, 5) is 38.5. The van der Waals surface area contributed by atoms with Gasteiger partial charge in [-0.25, -0.2) is 0 Å². The number of fused-ring (bicyclic) bond motifs is 1. The lowest BCUT2D eigenvalue weighted by Gasteiger charge is -2.14. The van der Waals surface area contributed by atoms with Gasteiger partial charge in [0.1, 0.15) is 12.4 Å². The Hall–Kier alpha value is -3.41. The highest BCUT2D eigenvalue weighted by atomic mass is 16.5. The molecule has 6 heteroatoms. The minimum Gasteiger partial charge on any atom is -0.489 e. The number of likely N-dealkylation sites (tertiary alicyclic amines) is 1. The van der Waals surface area contributed by atoms with Crippen molar-refractivity contribution in [1.82, 2.24) is 4.90 Å². The van der Waals surface area contributed by atoms with E-state index < -0.39 is 0 Å². The van der Waals surface area contributed by atoms with Crippen LogP contribution in [0.2, 0.25) is 0 Å². The number of carbonyl (C=O) groups is 3. The van der Waals surface area contributed by atoms with Gasteiger partial charge in [0.2, 0.25) is 17.7 Å². The maximum absolute atomic E-state index is 12.5. The molecule has 0 spiro atoms. The Labute approximate surface area is 181 Å². The number of anilines is 1. The molecule has 1 heterocycles. The molecular weight excluding hydrogens is 392 g/mol. The molecule has 6 nitrogen and oxygen atoms in total. The topological polar surface area (TPSA) is 75.7 Å². The number of hydrogen-bond donors (Lipinski definition) is 1. The fourth-order valence-electron chi connectivity index (χ4n) is 4.09. The monoisotopic (exact) mass is 418 g/mol. The Morgan fingerprint density at radius 3 is 2.23 bits per heavy atom. The molecule has 3 amide bonds. The Kier molecular flexibility index (Phi) is 6.46. The normalized spacial score (nSPS) is 19.9. The Bertz CT molecular complexity index is 943. The van der Waals surface area contributed by atoms with Crippen molar-refractivity contribution in [3.05, 3.63) is 72.3 Å². The minimum atomic E-state index is -0.214. The van der Waals surface area contributed by atoms with E-state index in [1.54, 1.807) is 12.1 Å². The summed E-state index contributed by atoms with van der Waals surface area (Å²) in [6, 6.07) is 17.1. The summed E-state index contributed by atoms with van der Waals surface area (Å²) in [7, 11) is 0. The number of hydrogen-bond acceptors (Lipinski definition) is 4. The third-order valence-electron chi connectivity index (χ3n) is 5.77. The van der Waals surface area contributed by atoms with Crippen molar-refractivity contribution in [3.63, 3.8) is 0 Å². The first-order valence-electron chi connectivity index (χ1n) is 10.7. The van der Waals surface area contributed by atoms with Gasteiger partial charge in [-0.15, -0.1) is 0 Å². The molecule has 160 valence electrons. The van der Waals surface area contributed by atoms with Crippen LogP contribution < -0.4 is 10.1 Å². The summed E-state index contributed by atoms with van der Waals surface area (Å²) >= 11 is 0. The maximum Gasteiger partial charge on any atom is 0.233 e. The van der Waals surface area contributed by atoms with Crippen molar-refractivity contribution in [2.45, 2.75) is 32.3 Å². The fraction of sp³-hybridized carbons (Fsp3) is 0.320. The van der Waals surface area contributed by atoms with E-state index in [4.69, 9.17) is 4.74 Å². The molecule has 0 radical (unpaired) electrons. The molecule has 1 saturated heterocycles. The molecule has 2 aromatic carbocycles. The van der Waals surface area contributed by atoms with Gasteiger partial charge >= 0.3 is 0 Å². The molecule has 0 aromatic heterocycles. The van der Waals surface area contributed by atoms with Crippen LogP contribution in [0.5, 0.6) is 5.75 Å². The highest BCUT2D eigenvalue weighted by Crippen LogP contribution is 2.35. The number of allylic oxidation sites excluding steroid dienone is 2. The molecule has 1 N–H and O–H groups in total. The van der Waals surface area contributed by atoms with Crippen LogP contribution in [0.15, 0.2) is 66.7 Å². The second kappa shape index (κ2) is 9.60. The second-order valence-electron chi connectivity index (χ2n) is 7.93. The van der Waals surface area contributed by atoms with Gasteiger partial charge in [-0.1, -0.05) is 42.5 Å². The fourth-order valence-corrected chi connectivity index (χ4v) is 4.09. The van der Waals surface area contributed by atoms with Crippen LogP contribution in [0.4, 0.5) is 5.69 Å². The molecule has 0 bridgehead atoms. The van der Waals surface area contributed by atoms with Gasteiger partial charge in [-0.3, -0.25) is 19.3 Å². The predicted octanol–water partition coefficient (Wildman–Crippen LogP) is 3.94. The Morgan fingerprint density at radius 2 is 1.58 bits per heavy atom. The summed E-state index contributed by atoms with van der Waals surface area (Å²) in [6.07, 6.45) is 5.92. The maximum atomic E-state index is 12.5. The lowest BCUT2D eigenvalue weighted by molar-refractivity contribution is -0.140. The average Bonchev–Trinajstić information content (AvgIpc) is 3.04. The van der Waals surface area contributed by atoms with Gasteiger partial charge in [0.15, 0.2) is 0 Å². The van der Waals surface area contributed by atoms with Crippen molar-refractivity contribution in [2.75, 3.05) is 11.9 Å². The first kappa shape index (κ1) is 20.8. The standard InChI is InChI=1S/C25H26N2O4/c28-23(11-6-16-27-24(29)21-9-4-5-10-22(21)25(27)30)26-19-12-14-20(15-13-19)31-17-18-7-2-1-3-8-18/h1-5,7-8,12-15,21-22H,6,9-11,16-17H2,(H,26,28)/t21-,22-/m1/s1. The second-order valence-corrected chi connectivity index (χ2v) is 7.93. The Balaban J connectivity index is 1.20. The zero-order valence-electron chi connectivity index (χ0n) is 17.3. The van der Waals surface area contributed by atoms with E-state index in [0.717, 1.165) is 11.3 Å². The van der Waals surface area contributed by atoms with E-state index in [1.165, 1.54) is 4.90 Å². The van der Waals surface area contributed by atoms with Gasteiger partial charge in [-0.05, 0) is 49.1 Å². The predicted molar refractivity (Wildman–Crippen MR) is 117 cm³/mol. The van der Waals surface area contributed by atoms with Crippen LogP contribution in [0, 0.1) is 11.8 Å². The van der Waals surface area contributed by atoms with Gasteiger partial charge in [0, 0.05) is 18.7 Å². The zero-order chi connectivity index (χ0) is 21.6. The zero-order valence-corrected chi connectivity index (χ0v) is 17.3. The highest BCUT2D eigenvalue weighted by Gasteiger charge is 2.46. The Morgan fingerprint density at radius 1 is 0.935 bits per heavy atom. The molecule has 0 unspecified atom stereocenters. The van der Waals surface area contributed by atoms with Crippen molar-refractivity contribution in [3.8, 4) is 5.75 Å². The lowest BCUT2D eigenvalue weighted by atomic mass is 9.85. The summed E-state index contributed by atoms with van der Waals surface area (Å²) in [6.45, 7) is 0.780. The lowest BCUT2D eigenvalue weighted by Crippen LogP contribution is -2.32. The third kappa shape index (κ3) is 5.02. The number of nitrogens with zero attached hydrogens (tertiary/aromatic N) is 1. The number of carbonyl (C=O) groups excluding carboxylic acids is 3. The van der Waals surface area contributed by atoms with Crippen LogP contribution in [0.3, 0.4) is 0 Å². The molecule has 0 saturated carbocycles. The van der Waals surface area contributed by atoms with Gasteiger partial charge < -0.3 is 10.1 Å². The van der Waals surface area contributed by atoms with Gasteiger partial charge in [-0.2, -0.15) is 0 Å². The van der Waals surface area contributed by atoms with Crippen molar-refractivity contribution >= 4 is 23.4 Å². The van der Waals surface area contributed by atoms with E-state index in [2.05, 4.69) is 5.32 Å².